The molecule has 0 aromatic carbocycles. The van der Waals surface area contributed by atoms with Crippen molar-refractivity contribution in [2.45, 2.75) is 38.1 Å². The maximum atomic E-state index is 11.9. The number of carbonyl (C=O) groups excluding carboxylic acids is 1. The number of rotatable bonds is 5. The van der Waals surface area contributed by atoms with E-state index in [0.717, 1.165) is 52.2 Å². The van der Waals surface area contributed by atoms with Gasteiger partial charge in [-0.3, -0.25) is 9.69 Å². The van der Waals surface area contributed by atoms with E-state index in [-0.39, 0.29) is 11.9 Å². The fourth-order valence-corrected chi connectivity index (χ4v) is 2.98. The molecule has 19 heavy (non-hydrogen) atoms. The van der Waals surface area contributed by atoms with Crippen LogP contribution in [-0.4, -0.2) is 56.2 Å². The first-order valence-electron chi connectivity index (χ1n) is 7.58. The van der Waals surface area contributed by atoms with Crippen LogP contribution in [0.1, 0.15) is 32.1 Å². The zero-order valence-corrected chi connectivity index (χ0v) is 11.8. The highest BCUT2D eigenvalue weighted by Crippen LogP contribution is 2.25. The summed E-state index contributed by atoms with van der Waals surface area (Å²) in [5.74, 6) is 0.549. The Morgan fingerprint density at radius 3 is 2.74 bits per heavy atom. The van der Waals surface area contributed by atoms with E-state index in [9.17, 15) is 4.79 Å². The molecular weight excluding hydrogens is 242 g/mol. The van der Waals surface area contributed by atoms with Crippen molar-refractivity contribution < 1.29 is 9.53 Å². The number of ether oxygens (including phenoxy) is 1. The second-order valence-electron chi connectivity index (χ2n) is 5.72. The van der Waals surface area contributed by atoms with Crippen LogP contribution >= 0.6 is 0 Å². The van der Waals surface area contributed by atoms with Gasteiger partial charge < -0.3 is 15.8 Å². The minimum atomic E-state index is 0.163. The fraction of sp³-hybridized carbons (Fsp3) is 0.929. The molecule has 0 aromatic heterocycles. The summed E-state index contributed by atoms with van der Waals surface area (Å²) in [7, 11) is 0. The second kappa shape index (κ2) is 7.82. The van der Waals surface area contributed by atoms with E-state index in [0.29, 0.717) is 12.3 Å². The van der Waals surface area contributed by atoms with Crippen molar-refractivity contribution in [1.29, 1.82) is 0 Å². The van der Waals surface area contributed by atoms with Gasteiger partial charge in [0.1, 0.15) is 0 Å². The van der Waals surface area contributed by atoms with Gasteiger partial charge in [-0.15, -0.1) is 0 Å². The maximum Gasteiger partial charge on any atom is 0.220 e. The highest BCUT2D eigenvalue weighted by molar-refractivity contribution is 5.76. The summed E-state index contributed by atoms with van der Waals surface area (Å²) in [4.78, 5) is 14.2. The summed E-state index contributed by atoms with van der Waals surface area (Å²) >= 11 is 0. The van der Waals surface area contributed by atoms with Gasteiger partial charge in [-0.05, 0) is 18.8 Å². The van der Waals surface area contributed by atoms with E-state index < -0.39 is 0 Å². The number of nitrogens with zero attached hydrogens (tertiary/aromatic N) is 1. The Morgan fingerprint density at radius 2 is 2.00 bits per heavy atom. The van der Waals surface area contributed by atoms with Crippen molar-refractivity contribution >= 4 is 5.91 Å². The minimum Gasteiger partial charge on any atom is -0.379 e. The molecule has 2 unspecified atom stereocenters. The minimum absolute atomic E-state index is 0.163. The van der Waals surface area contributed by atoms with Crippen molar-refractivity contribution in [2.75, 3.05) is 39.4 Å². The van der Waals surface area contributed by atoms with Crippen molar-refractivity contribution in [2.24, 2.45) is 11.7 Å². The molecule has 0 aromatic rings. The molecule has 0 spiro atoms. The van der Waals surface area contributed by atoms with Gasteiger partial charge >= 0.3 is 0 Å². The molecule has 2 fully saturated rings. The third-order valence-electron chi connectivity index (χ3n) is 4.27. The highest BCUT2D eigenvalue weighted by Gasteiger charge is 2.24. The van der Waals surface area contributed by atoms with E-state index in [2.05, 4.69) is 10.2 Å². The zero-order chi connectivity index (χ0) is 13.5. The molecule has 1 aliphatic heterocycles. The molecule has 1 aliphatic carbocycles. The van der Waals surface area contributed by atoms with Gasteiger partial charge in [0.25, 0.3) is 0 Å². The third kappa shape index (κ3) is 5.09. The number of nitrogens with one attached hydrogen (secondary N) is 1. The van der Waals surface area contributed by atoms with Crippen LogP contribution in [0.5, 0.6) is 0 Å². The molecule has 5 heteroatoms. The van der Waals surface area contributed by atoms with Crippen LogP contribution in [0.4, 0.5) is 0 Å². The van der Waals surface area contributed by atoms with Gasteiger partial charge in [0, 0.05) is 38.6 Å². The first-order valence-corrected chi connectivity index (χ1v) is 7.58. The number of carbonyl (C=O) groups is 1. The van der Waals surface area contributed by atoms with Crippen molar-refractivity contribution in [1.82, 2.24) is 10.2 Å². The summed E-state index contributed by atoms with van der Waals surface area (Å²) in [5, 5.41) is 3.02. The van der Waals surface area contributed by atoms with Crippen LogP contribution in [0, 0.1) is 5.92 Å². The average Bonchev–Trinajstić information content (AvgIpc) is 2.43. The predicted molar refractivity (Wildman–Crippen MR) is 74.8 cm³/mol. The molecule has 5 nitrogen and oxygen atoms in total. The van der Waals surface area contributed by atoms with E-state index in [1.807, 2.05) is 0 Å². The van der Waals surface area contributed by atoms with E-state index in [1.54, 1.807) is 0 Å². The van der Waals surface area contributed by atoms with Gasteiger partial charge in [0.15, 0.2) is 0 Å². The van der Waals surface area contributed by atoms with E-state index >= 15 is 0 Å². The van der Waals surface area contributed by atoms with Gasteiger partial charge in [0.2, 0.25) is 5.91 Å². The topological polar surface area (TPSA) is 67.6 Å². The number of hydrogen-bond acceptors (Lipinski definition) is 4. The summed E-state index contributed by atoms with van der Waals surface area (Å²) in [6.07, 6.45) is 5.23. The Balaban J connectivity index is 1.58. The van der Waals surface area contributed by atoms with Crippen LogP contribution in [0.3, 0.4) is 0 Å². The first kappa shape index (κ1) is 14.8. The summed E-state index contributed by atoms with van der Waals surface area (Å²) in [6.45, 7) is 5.23. The molecule has 1 heterocycles. The number of nitrogens with two attached hydrogens (primary N) is 1. The Labute approximate surface area is 115 Å². The van der Waals surface area contributed by atoms with Gasteiger partial charge in [0.05, 0.1) is 13.2 Å². The monoisotopic (exact) mass is 269 g/mol. The quantitative estimate of drug-likeness (QED) is 0.755. The van der Waals surface area contributed by atoms with Crippen LogP contribution < -0.4 is 11.1 Å². The molecule has 2 aliphatic rings. The number of hydrogen-bond donors (Lipinski definition) is 2. The molecular formula is C14H27N3O2. The lowest BCUT2D eigenvalue weighted by Crippen LogP contribution is -2.42. The molecule has 2 rings (SSSR count). The van der Waals surface area contributed by atoms with Crippen molar-refractivity contribution in [3.63, 3.8) is 0 Å². The van der Waals surface area contributed by atoms with Crippen LogP contribution in [0.25, 0.3) is 0 Å². The molecule has 0 bridgehead atoms. The maximum absolute atomic E-state index is 11.9. The number of amides is 1. The molecule has 1 saturated heterocycles. The molecule has 2 atom stereocenters. The van der Waals surface area contributed by atoms with Crippen LogP contribution in [0.2, 0.25) is 0 Å². The lowest BCUT2D eigenvalue weighted by Gasteiger charge is -2.28. The Kier molecular flexibility index (Phi) is 6.07. The van der Waals surface area contributed by atoms with Crippen molar-refractivity contribution in [3.05, 3.63) is 0 Å². The highest BCUT2D eigenvalue weighted by atomic mass is 16.5. The Hall–Kier alpha value is -0.650. The Morgan fingerprint density at radius 1 is 1.26 bits per heavy atom. The van der Waals surface area contributed by atoms with Crippen molar-refractivity contribution in [3.8, 4) is 0 Å². The lowest BCUT2D eigenvalue weighted by molar-refractivity contribution is -0.122. The van der Waals surface area contributed by atoms with E-state index in [4.69, 9.17) is 10.5 Å². The zero-order valence-electron chi connectivity index (χ0n) is 11.8. The normalized spacial score (nSPS) is 29.1. The predicted octanol–water partition coefficient (Wildman–Crippen LogP) is 0.342. The Bertz CT molecular complexity index is 280. The molecule has 1 saturated carbocycles. The molecule has 0 radical (unpaired) electrons. The molecule has 1 amide bonds. The van der Waals surface area contributed by atoms with Gasteiger partial charge in [-0.25, -0.2) is 0 Å². The fourth-order valence-electron chi connectivity index (χ4n) is 2.98. The SMILES string of the molecule is NC1CCCCC1CC(=O)NCCN1CCOCC1. The molecule has 110 valence electrons. The summed E-state index contributed by atoms with van der Waals surface area (Å²) in [5.41, 5.74) is 6.07. The standard InChI is InChI=1S/C14H27N3O2/c15-13-4-2-1-3-12(13)11-14(18)16-5-6-17-7-9-19-10-8-17/h12-13H,1-11,15H2,(H,16,18). The van der Waals surface area contributed by atoms with Crippen LogP contribution in [-0.2, 0) is 9.53 Å². The lowest BCUT2D eigenvalue weighted by atomic mass is 9.83. The number of morpholine rings is 1. The molecule has 3 N–H and O–H groups in total. The smallest absolute Gasteiger partial charge is 0.220 e. The van der Waals surface area contributed by atoms with Gasteiger partial charge in [-0.1, -0.05) is 12.8 Å². The third-order valence-corrected chi connectivity index (χ3v) is 4.27. The van der Waals surface area contributed by atoms with Gasteiger partial charge in [-0.2, -0.15) is 0 Å². The van der Waals surface area contributed by atoms with E-state index in [1.165, 1.54) is 12.8 Å². The summed E-state index contributed by atoms with van der Waals surface area (Å²) in [6, 6.07) is 0.221. The average molecular weight is 269 g/mol. The second-order valence-corrected chi connectivity index (χ2v) is 5.72. The first-order chi connectivity index (χ1) is 9.25. The van der Waals surface area contributed by atoms with Crippen LogP contribution in [0.15, 0.2) is 0 Å². The summed E-state index contributed by atoms with van der Waals surface area (Å²) < 4.78 is 5.30. The largest absolute Gasteiger partial charge is 0.379 e.